The zero-order chi connectivity index (χ0) is 30.7. The summed E-state index contributed by atoms with van der Waals surface area (Å²) >= 11 is 0. The fourth-order valence-electron chi connectivity index (χ4n) is 8.39. The Labute approximate surface area is 255 Å². The largest absolute Gasteiger partial charge is 0.504 e. The molecule has 2 amide bonds. The van der Waals surface area contributed by atoms with E-state index in [0.717, 1.165) is 11.1 Å². The average molecular weight is 588 g/mol. The molecule has 0 spiro atoms. The number of ketones is 2. The number of aromatic hydroxyl groups is 1. The van der Waals surface area contributed by atoms with Crippen molar-refractivity contribution in [3.05, 3.63) is 113 Å². The number of carbonyl (C=O) groups is 4. The van der Waals surface area contributed by atoms with E-state index in [-0.39, 0.29) is 41.3 Å². The maximum Gasteiger partial charge on any atom is 0.233 e. The first-order valence-electron chi connectivity index (χ1n) is 15.2. The lowest BCUT2D eigenvalue weighted by atomic mass is 9.44. The van der Waals surface area contributed by atoms with Crippen LogP contribution in [0.4, 0.5) is 0 Å². The quantitative estimate of drug-likeness (QED) is 0.324. The normalized spacial score (nSPS) is 29.4. The number of phenolic OH excluding ortho intramolecular Hbond substituents is 1. The fourth-order valence-corrected chi connectivity index (χ4v) is 8.39. The second-order valence-corrected chi connectivity index (χ2v) is 12.2. The Kier molecular flexibility index (Phi) is 6.65. The lowest BCUT2D eigenvalue weighted by Gasteiger charge is -2.55. The SMILES string of the molecule is CCOc1cc([C@H]2C3=CC[C@@H]4C(=O)N(C)C(=O)[C@@H]4[C@@H]3C[C@H]3C(=O)C(c4ccccc4)=CC(=O)[C@@]23c2ccccc2)ccc1O. The molecule has 1 saturated carbocycles. The number of amides is 2. The summed E-state index contributed by atoms with van der Waals surface area (Å²) in [5.74, 6) is -3.50. The molecule has 4 aliphatic rings. The first-order valence-corrected chi connectivity index (χ1v) is 15.2. The van der Waals surface area contributed by atoms with Crippen molar-refractivity contribution in [3.63, 3.8) is 0 Å². The highest BCUT2D eigenvalue weighted by Crippen LogP contribution is 2.63. The van der Waals surface area contributed by atoms with Crippen LogP contribution in [0.2, 0.25) is 0 Å². The number of carbonyl (C=O) groups excluding carboxylic acids is 4. The molecule has 222 valence electrons. The van der Waals surface area contributed by atoms with Crippen molar-refractivity contribution in [2.45, 2.75) is 31.1 Å². The molecule has 3 aromatic carbocycles. The number of hydrogen-bond donors (Lipinski definition) is 1. The fraction of sp³-hybridized carbons (Fsp3) is 0.297. The van der Waals surface area contributed by atoms with Gasteiger partial charge in [0, 0.05) is 24.5 Å². The van der Waals surface area contributed by atoms with Crippen LogP contribution in [0.25, 0.3) is 5.57 Å². The Morgan fingerprint density at radius 3 is 2.32 bits per heavy atom. The van der Waals surface area contributed by atoms with Gasteiger partial charge < -0.3 is 9.84 Å². The third kappa shape index (κ3) is 3.88. The number of ether oxygens (including phenoxy) is 1. The van der Waals surface area contributed by atoms with Crippen LogP contribution < -0.4 is 4.74 Å². The van der Waals surface area contributed by atoms with Crippen LogP contribution in [0.15, 0.2) is 96.6 Å². The highest BCUT2D eigenvalue weighted by molar-refractivity contribution is 6.31. The molecule has 1 heterocycles. The Morgan fingerprint density at radius 1 is 0.909 bits per heavy atom. The summed E-state index contributed by atoms with van der Waals surface area (Å²) in [5, 5.41) is 10.6. The minimum absolute atomic E-state index is 0.0264. The standard InChI is InChI=1S/C37H33NO6/c1-3-44-30-18-22(14-17-29(30)39)33-24-15-16-25-32(36(43)38(2)35(25)42)27(24)19-28-34(41)26(21-10-6-4-7-11-21)20-31(40)37(28,33)23-12-8-5-9-13-23/h4-15,17-18,20,25,27-28,32-33,39H,3,16,19H2,1-2H3/t25-,27+,28-,32-,33-,37-/m0/s1. The zero-order valence-corrected chi connectivity index (χ0v) is 24.6. The van der Waals surface area contributed by atoms with Gasteiger partial charge in [-0.3, -0.25) is 24.1 Å². The maximum atomic E-state index is 14.9. The van der Waals surface area contributed by atoms with Gasteiger partial charge in [-0.05, 0) is 60.6 Å². The van der Waals surface area contributed by atoms with E-state index in [9.17, 15) is 24.3 Å². The molecule has 1 N–H and O–H groups in total. The average Bonchev–Trinajstić information content (AvgIpc) is 3.27. The van der Waals surface area contributed by atoms with Crippen LogP contribution in [-0.4, -0.2) is 47.0 Å². The summed E-state index contributed by atoms with van der Waals surface area (Å²) in [6.07, 6.45) is 4.17. The van der Waals surface area contributed by atoms with E-state index in [4.69, 9.17) is 4.74 Å². The topological polar surface area (TPSA) is 101 Å². The molecule has 6 atom stereocenters. The molecule has 7 heteroatoms. The van der Waals surface area contributed by atoms with E-state index < -0.39 is 35.0 Å². The third-order valence-electron chi connectivity index (χ3n) is 10.2. The number of imide groups is 1. The highest BCUT2D eigenvalue weighted by atomic mass is 16.5. The van der Waals surface area contributed by atoms with Crippen molar-refractivity contribution < 1.29 is 29.0 Å². The summed E-state index contributed by atoms with van der Waals surface area (Å²) in [4.78, 5) is 57.7. The molecule has 2 fully saturated rings. The van der Waals surface area contributed by atoms with Crippen LogP contribution in [0.5, 0.6) is 11.5 Å². The maximum absolute atomic E-state index is 14.9. The molecule has 44 heavy (non-hydrogen) atoms. The minimum Gasteiger partial charge on any atom is -0.504 e. The van der Waals surface area contributed by atoms with E-state index >= 15 is 0 Å². The van der Waals surface area contributed by atoms with E-state index in [1.54, 1.807) is 18.2 Å². The Balaban J connectivity index is 1.53. The van der Waals surface area contributed by atoms with Gasteiger partial charge in [0.15, 0.2) is 23.1 Å². The number of fused-ring (bicyclic) bond motifs is 4. The van der Waals surface area contributed by atoms with Crippen LogP contribution in [0, 0.1) is 23.7 Å². The number of Topliss-reactive ketones (excluding diaryl/α,β-unsaturated/α-hetero) is 1. The molecule has 0 aromatic heterocycles. The highest BCUT2D eigenvalue weighted by Gasteiger charge is 2.65. The molecule has 3 aromatic rings. The molecule has 0 radical (unpaired) electrons. The van der Waals surface area contributed by atoms with Gasteiger partial charge in [0.25, 0.3) is 0 Å². The number of phenols is 1. The molecule has 7 rings (SSSR count). The van der Waals surface area contributed by atoms with E-state index in [2.05, 4.69) is 0 Å². The van der Waals surface area contributed by atoms with Gasteiger partial charge in [0.2, 0.25) is 11.8 Å². The number of likely N-dealkylation sites (tertiary alicyclic amines) is 1. The van der Waals surface area contributed by atoms with Crippen LogP contribution >= 0.6 is 0 Å². The van der Waals surface area contributed by atoms with Gasteiger partial charge in [-0.2, -0.15) is 0 Å². The van der Waals surface area contributed by atoms with Crippen LogP contribution in [0.1, 0.15) is 42.4 Å². The van der Waals surface area contributed by atoms with Gasteiger partial charge in [0.1, 0.15) is 0 Å². The number of hydrogen-bond acceptors (Lipinski definition) is 6. The van der Waals surface area contributed by atoms with Gasteiger partial charge in [-0.25, -0.2) is 0 Å². The predicted molar refractivity (Wildman–Crippen MR) is 164 cm³/mol. The second kappa shape index (κ2) is 10.4. The number of rotatable bonds is 5. The van der Waals surface area contributed by atoms with Gasteiger partial charge in [-0.1, -0.05) is 78.4 Å². The molecule has 0 bridgehead atoms. The van der Waals surface area contributed by atoms with E-state index in [0.29, 0.717) is 29.7 Å². The summed E-state index contributed by atoms with van der Waals surface area (Å²) in [6, 6.07) is 23.7. The predicted octanol–water partition coefficient (Wildman–Crippen LogP) is 5.25. The van der Waals surface area contributed by atoms with Crippen molar-refractivity contribution >= 4 is 29.0 Å². The van der Waals surface area contributed by atoms with E-state index in [1.165, 1.54) is 18.0 Å². The van der Waals surface area contributed by atoms with Crippen molar-refractivity contribution in [1.29, 1.82) is 0 Å². The smallest absolute Gasteiger partial charge is 0.233 e. The summed E-state index contributed by atoms with van der Waals surface area (Å²) < 4.78 is 5.78. The van der Waals surface area contributed by atoms with Gasteiger partial charge in [0.05, 0.1) is 23.9 Å². The second-order valence-electron chi connectivity index (χ2n) is 12.2. The van der Waals surface area contributed by atoms with E-state index in [1.807, 2.05) is 73.7 Å². The molecule has 7 nitrogen and oxygen atoms in total. The zero-order valence-electron chi connectivity index (χ0n) is 24.6. The molecule has 1 aliphatic heterocycles. The van der Waals surface area contributed by atoms with Crippen molar-refractivity contribution in [2.24, 2.45) is 23.7 Å². The number of allylic oxidation sites excluding steroid dienone is 4. The Bertz CT molecular complexity index is 1760. The summed E-state index contributed by atoms with van der Waals surface area (Å²) in [6.45, 7) is 2.15. The monoisotopic (exact) mass is 587 g/mol. The minimum atomic E-state index is -1.32. The molecule has 3 aliphatic carbocycles. The first kappa shape index (κ1) is 28.0. The molecular weight excluding hydrogens is 554 g/mol. The Hall–Kier alpha value is -4.78. The van der Waals surface area contributed by atoms with Crippen LogP contribution in [-0.2, 0) is 24.6 Å². The lowest BCUT2D eigenvalue weighted by Crippen LogP contribution is -2.58. The van der Waals surface area contributed by atoms with Crippen molar-refractivity contribution in [3.8, 4) is 11.5 Å². The molecule has 1 saturated heterocycles. The molecular formula is C37H33NO6. The van der Waals surface area contributed by atoms with Crippen molar-refractivity contribution in [2.75, 3.05) is 13.7 Å². The van der Waals surface area contributed by atoms with Gasteiger partial charge >= 0.3 is 0 Å². The van der Waals surface area contributed by atoms with Gasteiger partial charge in [-0.15, -0.1) is 0 Å². The Morgan fingerprint density at radius 2 is 1.61 bits per heavy atom. The number of nitrogens with zero attached hydrogens (tertiary/aromatic N) is 1. The number of benzene rings is 3. The summed E-state index contributed by atoms with van der Waals surface area (Å²) in [7, 11) is 1.52. The first-order chi connectivity index (χ1) is 21.3. The summed E-state index contributed by atoms with van der Waals surface area (Å²) in [5.41, 5.74) is 2.02. The van der Waals surface area contributed by atoms with Crippen molar-refractivity contribution in [1.82, 2.24) is 4.90 Å². The molecule has 0 unspecified atom stereocenters. The van der Waals surface area contributed by atoms with Crippen LogP contribution in [0.3, 0.4) is 0 Å². The third-order valence-corrected chi connectivity index (χ3v) is 10.2. The lowest BCUT2D eigenvalue weighted by molar-refractivity contribution is -0.139.